The number of aryl methyl sites for hydroxylation is 1. The van der Waals surface area contributed by atoms with E-state index in [0.29, 0.717) is 5.75 Å². The Morgan fingerprint density at radius 3 is 2.60 bits per heavy atom. The number of phenols is 1. The van der Waals surface area contributed by atoms with Crippen molar-refractivity contribution in [2.75, 3.05) is 0 Å². The Kier molecular flexibility index (Phi) is 4.46. The number of phenolic OH excluding ortho intramolecular Hbond substituents is 1. The van der Waals surface area contributed by atoms with Crippen LogP contribution in [0, 0.1) is 13.8 Å². The van der Waals surface area contributed by atoms with Crippen molar-refractivity contribution in [2.24, 2.45) is 0 Å². The molecule has 0 heterocycles. The van der Waals surface area contributed by atoms with Crippen molar-refractivity contribution in [1.29, 1.82) is 0 Å². The summed E-state index contributed by atoms with van der Waals surface area (Å²) < 4.78 is 0. The van der Waals surface area contributed by atoms with Gasteiger partial charge in [-0.05, 0) is 43.0 Å². The molecule has 0 aliphatic carbocycles. The van der Waals surface area contributed by atoms with Crippen LogP contribution in [0.1, 0.15) is 48.3 Å². The molecule has 2 heteroatoms. The minimum absolute atomic E-state index is 0.0250. The normalized spacial score (nSPS) is 12.8. The van der Waals surface area contributed by atoms with Crippen molar-refractivity contribution >= 4 is 11.6 Å². The second-order valence-corrected chi connectivity index (χ2v) is 4.58. The maximum Gasteiger partial charge on any atom is 0.118 e. The van der Waals surface area contributed by atoms with Crippen LogP contribution in [0.5, 0.6) is 5.75 Å². The highest BCUT2D eigenvalue weighted by molar-refractivity contribution is 6.21. The molecule has 1 atom stereocenters. The third-order valence-corrected chi connectivity index (χ3v) is 3.27. The van der Waals surface area contributed by atoms with Crippen LogP contribution in [0.4, 0.5) is 0 Å². The number of aromatic hydroxyl groups is 1. The molecule has 1 aromatic carbocycles. The molecule has 0 fully saturated rings. The first-order chi connectivity index (χ1) is 7.07. The van der Waals surface area contributed by atoms with Gasteiger partial charge < -0.3 is 5.11 Å². The molecule has 0 bridgehead atoms. The molecule has 0 aliphatic rings. The van der Waals surface area contributed by atoms with Gasteiger partial charge in [-0.15, -0.1) is 11.6 Å². The number of rotatable bonds is 4. The van der Waals surface area contributed by atoms with Crippen LogP contribution < -0.4 is 0 Å². The van der Waals surface area contributed by atoms with Crippen molar-refractivity contribution in [3.05, 3.63) is 28.8 Å². The fourth-order valence-electron chi connectivity index (χ4n) is 1.86. The summed E-state index contributed by atoms with van der Waals surface area (Å²) in [5, 5.41) is 9.67. The lowest BCUT2D eigenvalue weighted by molar-refractivity contribution is 0.469. The summed E-state index contributed by atoms with van der Waals surface area (Å²) in [6.45, 7) is 6.13. The number of halogens is 1. The summed E-state index contributed by atoms with van der Waals surface area (Å²) in [7, 11) is 0. The molecule has 1 nitrogen and oxygen atoms in total. The van der Waals surface area contributed by atoms with E-state index in [9.17, 15) is 5.11 Å². The molecule has 0 radical (unpaired) electrons. The molecule has 1 N–H and O–H groups in total. The Balaban J connectivity index is 2.96. The van der Waals surface area contributed by atoms with Gasteiger partial charge in [-0.2, -0.15) is 0 Å². The van der Waals surface area contributed by atoms with Gasteiger partial charge in [0, 0.05) is 0 Å². The molecule has 84 valence electrons. The van der Waals surface area contributed by atoms with Crippen LogP contribution >= 0.6 is 11.6 Å². The summed E-state index contributed by atoms with van der Waals surface area (Å²) in [5.74, 6) is 0.345. The number of benzene rings is 1. The SMILES string of the molecule is CCCCC(Cl)c1c(C)ccc(O)c1C. The Labute approximate surface area is 97.1 Å². The topological polar surface area (TPSA) is 20.2 Å². The van der Waals surface area contributed by atoms with E-state index < -0.39 is 0 Å². The quantitative estimate of drug-likeness (QED) is 0.751. The molecule has 0 amide bonds. The van der Waals surface area contributed by atoms with E-state index >= 15 is 0 Å². The molecule has 1 rings (SSSR count). The van der Waals surface area contributed by atoms with Gasteiger partial charge in [0.2, 0.25) is 0 Å². The minimum atomic E-state index is 0.0250. The maximum atomic E-state index is 9.64. The lowest BCUT2D eigenvalue weighted by Crippen LogP contribution is -1.98. The van der Waals surface area contributed by atoms with Crippen molar-refractivity contribution < 1.29 is 5.11 Å². The largest absolute Gasteiger partial charge is 0.508 e. The number of unbranched alkanes of at least 4 members (excludes halogenated alkanes) is 1. The zero-order valence-corrected chi connectivity index (χ0v) is 10.4. The van der Waals surface area contributed by atoms with E-state index in [1.54, 1.807) is 6.07 Å². The number of hydrogen-bond donors (Lipinski definition) is 1. The monoisotopic (exact) mass is 226 g/mol. The van der Waals surface area contributed by atoms with E-state index in [1.165, 1.54) is 5.56 Å². The van der Waals surface area contributed by atoms with Gasteiger partial charge in [-0.1, -0.05) is 25.8 Å². The highest BCUT2D eigenvalue weighted by Crippen LogP contribution is 2.34. The Bertz CT molecular complexity index is 334. The lowest BCUT2D eigenvalue weighted by Gasteiger charge is -2.16. The highest BCUT2D eigenvalue weighted by atomic mass is 35.5. The van der Waals surface area contributed by atoms with Crippen molar-refractivity contribution in [2.45, 2.75) is 45.4 Å². The lowest BCUT2D eigenvalue weighted by atomic mass is 9.96. The number of alkyl halides is 1. The molecular weight excluding hydrogens is 208 g/mol. The van der Waals surface area contributed by atoms with Crippen LogP contribution in [0.25, 0.3) is 0 Å². The predicted octanol–water partition coefficient (Wildman–Crippen LogP) is 4.48. The number of hydrogen-bond acceptors (Lipinski definition) is 1. The molecule has 15 heavy (non-hydrogen) atoms. The molecule has 0 aromatic heterocycles. The summed E-state index contributed by atoms with van der Waals surface area (Å²) in [6.07, 6.45) is 3.26. The summed E-state index contributed by atoms with van der Waals surface area (Å²) in [5.41, 5.74) is 3.19. The van der Waals surface area contributed by atoms with Gasteiger partial charge in [0.15, 0.2) is 0 Å². The van der Waals surface area contributed by atoms with Crippen LogP contribution in [0.15, 0.2) is 12.1 Å². The van der Waals surface area contributed by atoms with Crippen molar-refractivity contribution in [3.8, 4) is 5.75 Å². The summed E-state index contributed by atoms with van der Waals surface area (Å²) in [4.78, 5) is 0. The Morgan fingerprint density at radius 2 is 2.00 bits per heavy atom. The molecule has 1 unspecified atom stereocenters. The zero-order chi connectivity index (χ0) is 11.4. The van der Waals surface area contributed by atoms with Gasteiger partial charge in [0.1, 0.15) is 5.75 Å². The maximum absolute atomic E-state index is 9.64. The van der Waals surface area contributed by atoms with Gasteiger partial charge in [0.05, 0.1) is 5.38 Å². The molecular formula is C13H19ClO. The standard InChI is InChI=1S/C13H19ClO/c1-4-5-6-11(14)13-9(2)7-8-12(15)10(13)3/h7-8,11,15H,4-6H2,1-3H3. The Morgan fingerprint density at radius 1 is 1.33 bits per heavy atom. The van der Waals surface area contributed by atoms with E-state index in [-0.39, 0.29) is 5.38 Å². The summed E-state index contributed by atoms with van der Waals surface area (Å²) in [6, 6.07) is 3.66. The second kappa shape index (κ2) is 5.41. The first kappa shape index (κ1) is 12.4. The average molecular weight is 227 g/mol. The average Bonchev–Trinajstić information content (AvgIpc) is 2.21. The molecule has 0 saturated heterocycles. The smallest absolute Gasteiger partial charge is 0.118 e. The van der Waals surface area contributed by atoms with Crippen molar-refractivity contribution in [3.63, 3.8) is 0 Å². The van der Waals surface area contributed by atoms with Crippen LogP contribution in [0.2, 0.25) is 0 Å². The molecule has 0 saturated carbocycles. The van der Waals surface area contributed by atoms with E-state index in [1.807, 2.05) is 19.9 Å². The molecule has 0 aliphatic heterocycles. The first-order valence-electron chi connectivity index (χ1n) is 5.51. The highest BCUT2D eigenvalue weighted by Gasteiger charge is 2.14. The van der Waals surface area contributed by atoms with Crippen LogP contribution in [0.3, 0.4) is 0 Å². The van der Waals surface area contributed by atoms with E-state index in [2.05, 4.69) is 6.92 Å². The predicted molar refractivity (Wildman–Crippen MR) is 65.7 cm³/mol. The molecule has 1 aromatic rings. The van der Waals surface area contributed by atoms with E-state index in [0.717, 1.165) is 30.4 Å². The molecule has 0 spiro atoms. The fourth-order valence-corrected chi connectivity index (χ4v) is 2.35. The second-order valence-electron chi connectivity index (χ2n) is 4.05. The fraction of sp³-hybridized carbons (Fsp3) is 0.538. The zero-order valence-electron chi connectivity index (χ0n) is 9.68. The van der Waals surface area contributed by atoms with Gasteiger partial charge in [-0.25, -0.2) is 0 Å². The third-order valence-electron chi connectivity index (χ3n) is 2.83. The first-order valence-corrected chi connectivity index (χ1v) is 5.94. The van der Waals surface area contributed by atoms with Gasteiger partial charge in [-0.3, -0.25) is 0 Å². The van der Waals surface area contributed by atoms with Crippen molar-refractivity contribution in [1.82, 2.24) is 0 Å². The summed E-state index contributed by atoms with van der Waals surface area (Å²) >= 11 is 6.36. The van der Waals surface area contributed by atoms with E-state index in [4.69, 9.17) is 11.6 Å². The van der Waals surface area contributed by atoms with Crippen LogP contribution in [-0.2, 0) is 0 Å². The Hall–Kier alpha value is -0.690. The van der Waals surface area contributed by atoms with Gasteiger partial charge in [0.25, 0.3) is 0 Å². The minimum Gasteiger partial charge on any atom is -0.508 e. The van der Waals surface area contributed by atoms with Crippen LogP contribution in [-0.4, -0.2) is 5.11 Å². The third kappa shape index (κ3) is 2.88. The van der Waals surface area contributed by atoms with Gasteiger partial charge >= 0.3 is 0 Å².